The predicted molar refractivity (Wildman–Crippen MR) is 84.5 cm³/mol. The molecule has 0 aromatic heterocycles. The number of hydrogen-bond donors (Lipinski definition) is 1. The Balaban J connectivity index is 1.84. The minimum absolute atomic E-state index is 0.0345. The average Bonchev–Trinajstić information content (AvgIpc) is 2.89. The molecule has 2 nitrogen and oxygen atoms in total. The molecule has 0 spiro atoms. The summed E-state index contributed by atoms with van der Waals surface area (Å²) in [7, 11) is 1.94. The molecular formula is C19H20FNO. The standard InChI is InChI=1S/C19H20FNO/c1-21-11-15-10-18-16-5-3-2-4-12(16)8-13-6-7-14(20)9-17(13)19(18)22-15/h2-7,9,15,18-19,21H,8,10-11H2,1H3/t15-,18-,19+/m1/s1. The number of hydrogen-bond acceptors (Lipinski definition) is 2. The molecule has 1 aliphatic heterocycles. The first kappa shape index (κ1) is 13.9. The van der Waals surface area contributed by atoms with Gasteiger partial charge in [-0.25, -0.2) is 4.39 Å². The predicted octanol–water partition coefficient (Wildman–Crippen LogP) is 3.56. The zero-order chi connectivity index (χ0) is 15.1. The van der Waals surface area contributed by atoms with Crippen LogP contribution in [0.3, 0.4) is 0 Å². The van der Waals surface area contributed by atoms with Gasteiger partial charge in [-0.05, 0) is 54.3 Å². The average molecular weight is 297 g/mol. The molecule has 1 N–H and O–H groups in total. The van der Waals surface area contributed by atoms with Crippen LogP contribution in [0, 0.1) is 5.82 Å². The van der Waals surface area contributed by atoms with Gasteiger partial charge < -0.3 is 10.1 Å². The molecular weight excluding hydrogens is 277 g/mol. The zero-order valence-electron chi connectivity index (χ0n) is 12.7. The minimum Gasteiger partial charge on any atom is -0.368 e. The molecule has 1 saturated heterocycles. The van der Waals surface area contributed by atoms with E-state index in [0.717, 1.165) is 24.9 Å². The van der Waals surface area contributed by atoms with Crippen molar-refractivity contribution in [2.24, 2.45) is 0 Å². The van der Waals surface area contributed by atoms with E-state index < -0.39 is 0 Å². The lowest BCUT2D eigenvalue weighted by Gasteiger charge is -2.19. The van der Waals surface area contributed by atoms with E-state index in [9.17, 15) is 4.39 Å². The second-order valence-corrected chi connectivity index (χ2v) is 6.30. The molecule has 22 heavy (non-hydrogen) atoms. The summed E-state index contributed by atoms with van der Waals surface area (Å²) in [5, 5.41) is 3.20. The van der Waals surface area contributed by atoms with E-state index in [1.54, 1.807) is 12.1 Å². The van der Waals surface area contributed by atoms with Crippen LogP contribution < -0.4 is 5.32 Å². The molecule has 0 radical (unpaired) electrons. The van der Waals surface area contributed by atoms with Crippen molar-refractivity contribution in [2.45, 2.75) is 31.0 Å². The van der Waals surface area contributed by atoms with Gasteiger partial charge in [0.15, 0.2) is 0 Å². The lowest BCUT2D eigenvalue weighted by atomic mass is 9.87. The van der Waals surface area contributed by atoms with Gasteiger partial charge in [0.25, 0.3) is 0 Å². The summed E-state index contributed by atoms with van der Waals surface area (Å²) in [4.78, 5) is 0. The maximum atomic E-state index is 13.8. The molecule has 0 amide bonds. The van der Waals surface area contributed by atoms with Crippen molar-refractivity contribution in [1.29, 1.82) is 0 Å². The second-order valence-electron chi connectivity index (χ2n) is 6.30. The van der Waals surface area contributed by atoms with Gasteiger partial charge in [0.1, 0.15) is 5.82 Å². The Morgan fingerprint density at radius 1 is 1.14 bits per heavy atom. The summed E-state index contributed by atoms with van der Waals surface area (Å²) in [6.45, 7) is 0.833. The van der Waals surface area contributed by atoms with Gasteiger partial charge in [0, 0.05) is 12.5 Å². The number of benzene rings is 2. The summed E-state index contributed by atoms with van der Waals surface area (Å²) < 4.78 is 20.1. The van der Waals surface area contributed by atoms with Crippen molar-refractivity contribution in [3.05, 3.63) is 70.5 Å². The summed E-state index contributed by atoms with van der Waals surface area (Å²) in [6.07, 6.45) is 1.99. The largest absolute Gasteiger partial charge is 0.368 e. The molecule has 2 aliphatic rings. The van der Waals surface area contributed by atoms with Crippen LogP contribution in [0.1, 0.15) is 40.7 Å². The highest BCUT2D eigenvalue weighted by atomic mass is 19.1. The quantitative estimate of drug-likeness (QED) is 0.915. The molecule has 0 unspecified atom stereocenters. The molecule has 0 saturated carbocycles. The lowest BCUT2D eigenvalue weighted by Crippen LogP contribution is -2.23. The zero-order valence-corrected chi connectivity index (χ0v) is 12.7. The number of fused-ring (bicyclic) bond motifs is 5. The number of rotatable bonds is 2. The third kappa shape index (κ3) is 2.25. The van der Waals surface area contributed by atoms with Crippen molar-refractivity contribution in [2.75, 3.05) is 13.6 Å². The fourth-order valence-electron chi connectivity index (χ4n) is 3.96. The smallest absolute Gasteiger partial charge is 0.123 e. The number of likely N-dealkylation sites (N-methyl/N-ethyl adjacent to an activating group) is 1. The fourth-order valence-corrected chi connectivity index (χ4v) is 3.96. The fraction of sp³-hybridized carbons (Fsp3) is 0.368. The van der Waals surface area contributed by atoms with Crippen molar-refractivity contribution in [3.63, 3.8) is 0 Å². The molecule has 0 bridgehead atoms. The van der Waals surface area contributed by atoms with Crippen molar-refractivity contribution in [3.8, 4) is 0 Å². The SMILES string of the molecule is CNC[C@H]1C[C@@H]2c3ccccc3Cc3ccc(F)cc3[C@@H]2O1. The maximum Gasteiger partial charge on any atom is 0.123 e. The monoisotopic (exact) mass is 297 g/mol. The number of nitrogens with one attached hydrogen (secondary N) is 1. The third-order valence-corrected chi connectivity index (χ3v) is 4.90. The van der Waals surface area contributed by atoms with Crippen molar-refractivity contribution >= 4 is 0 Å². The number of halogens is 1. The normalized spacial score (nSPS) is 26.0. The van der Waals surface area contributed by atoms with E-state index in [1.807, 2.05) is 13.1 Å². The molecule has 114 valence electrons. The molecule has 3 atom stereocenters. The molecule has 4 rings (SSSR count). The van der Waals surface area contributed by atoms with Crippen LogP contribution in [-0.4, -0.2) is 19.7 Å². The van der Waals surface area contributed by atoms with Gasteiger partial charge in [-0.3, -0.25) is 0 Å². The van der Waals surface area contributed by atoms with E-state index in [-0.39, 0.29) is 18.0 Å². The Labute approximate surface area is 130 Å². The van der Waals surface area contributed by atoms with Gasteiger partial charge in [0.05, 0.1) is 12.2 Å². The van der Waals surface area contributed by atoms with Gasteiger partial charge in [0.2, 0.25) is 0 Å². The van der Waals surface area contributed by atoms with Crippen LogP contribution in [0.4, 0.5) is 4.39 Å². The Bertz CT molecular complexity index is 700. The Morgan fingerprint density at radius 3 is 2.82 bits per heavy atom. The van der Waals surface area contributed by atoms with Crippen LogP contribution in [0.15, 0.2) is 42.5 Å². The highest BCUT2D eigenvalue weighted by Crippen LogP contribution is 2.49. The van der Waals surface area contributed by atoms with Gasteiger partial charge in [-0.1, -0.05) is 30.3 Å². The first-order valence-corrected chi connectivity index (χ1v) is 7.92. The van der Waals surface area contributed by atoms with Crippen LogP contribution in [0.25, 0.3) is 0 Å². The summed E-state index contributed by atoms with van der Waals surface area (Å²) in [6, 6.07) is 13.7. The second kappa shape index (κ2) is 5.49. The summed E-state index contributed by atoms with van der Waals surface area (Å²) in [5.74, 6) is 0.140. The van der Waals surface area contributed by atoms with Gasteiger partial charge >= 0.3 is 0 Å². The summed E-state index contributed by atoms with van der Waals surface area (Å²) in [5.41, 5.74) is 4.92. The maximum absolute atomic E-state index is 13.8. The topological polar surface area (TPSA) is 21.3 Å². The van der Waals surface area contributed by atoms with E-state index in [0.29, 0.717) is 5.92 Å². The van der Waals surface area contributed by atoms with E-state index in [2.05, 4.69) is 29.6 Å². The highest BCUT2D eigenvalue weighted by Gasteiger charge is 2.40. The van der Waals surface area contributed by atoms with Crippen LogP contribution >= 0.6 is 0 Å². The molecule has 1 fully saturated rings. The molecule has 1 heterocycles. The Kier molecular flexibility index (Phi) is 3.47. The third-order valence-electron chi connectivity index (χ3n) is 4.90. The Hall–Kier alpha value is -1.71. The highest BCUT2D eigenvalue weighted by molar-refractivity contribution is 5.45. The van der Waals surface area contributed by atoms with E-state index >= 15 is 0 Å². The minimum atomic E-state index is -0.177. The first-order chi connectivity index (χ1) is 10.8. The van der Waals surface area contributed by atoms with Gasteiger partial charge in [-0.15, -0.1) is 0 Å². The van der Waals surface area contributed by atoms with Crippen LogP contribution in [-0.2, 0) is 11.2 Å². The van der Waals surface area contributed by atoms with E-state index in [4.69, 9.17) is 4.74 Å². The molecule has 2 aromatic carbocycles. The number of ether oxygens (including phenoxy) is 1. The van der Waals surface area contributed by atoms with Gasteiger partial charge in [-0.2, -0.15) is 0 Å². The van der Waals surface area contributed by atoms with Crippen LogP contribution in [0.2, 0.25) is 0 Å². The van der Waals surface area contributed by atoms with E-state index in [1.165, 1.54) is 16.7 Å². The molecule has 2 aromatic rings. The molecule has 3 heteroatoms. The molecule has 1 aliphatic carbocycles. The summed E-state index contributed by atoms with van der Waals surface area (Å²) >= 11 is 0. The van der Waals surface area contributed by atoms with Crippen molar-refractivity contribution < 1.29 is 9.13 Å². The first-order valence-electron chi connectivity index (χ1n) is 7.92. The van der Waals surface area contributed by atoms with Crippen molar-refractivity contribution in [1.82, 2.24) is 5.32 Å². The Morgan fingerprint density at radius 2 is 1.95 bits per heavy atom. The van der Waals surface area contributed by atoms with Crippen LogP contribution in [0.5, 0.6) is 0 Å². The lowest BCUT2D eigenvalue weighted by molar-refractivity contribution is 0.0417.